The molecule has 0 aliphatic carbocycles. The van der Waals surface area contributed by atoms with Gasteiger partial charge in [0.2, 0.25) is 0 Å². The zero-order chi connectivity index (χ0) is 23.0. The highest BCUT2D eigenvalue weighted by molar-refractivity contribution is 6.31. The minimum Gasteiger partial charge on any atom is -0.351 e. The van der Waals surface area contributed by atoms with E-state index in [-0.39, 0.29) is 0 Å². The molecule has 170 valence electrons. The molecule has 0 saturated carbocycles. The number of hydrogen-bond donors (Lipinski definition) is 2. The monoisotopic (exact) mass is 471 g/mol. The van der Waals surface area contributed by atoms with Crippen molar-refractivity contribution in [3.8, 4) is 0 Å². The topological polar surface area (TPSA) is 30.3 Å². The summed E-state index contributed by atoms with van der Waals surface area (Å²) in [4.78, 5) is 2.27. The number of nitrogens with one attached hydrogen (secondary N) is 2. The van der Waals surface area contributed by atoms with Crippen molar-refractivity contribution in [2.24, 2.45) is 0 Å². The molecule has 4 nitrogen and oxygen atoms in total. The molecule has 1 saturated heterocycles. The van der Waals surface area contributed by atoms with Crippen LogP contribution in [0.4, 0.5) is 30.2 Å². The average Bonchev–Trinajstić information content (AvgIpc) is 2.96. The van der Waals surface area contributed by atoms with Gasteiger partial charge in [0.25, 0.3) is 5.84 Å². The van der Waals surface area contributed by atoms with E-state index in [1.165, 1.54) is 0 Å². The van der Waals surface area contributed by atoms with Crippen LogP contribution >= 0.6 is 11.6 Å². The SMILES string of the molecule is FC(F)(F)c1ccc(CN2CC[N+](=C3Nc4cc(Cl)ccc4Nc4ccccc43)CC2)cc1. The van der Waals surface area contributed by atoms with Crippen LogP contribution in [0.15, 0.2) is 66.7 Å². The first-order valence-corrected chi connectivity index (χ1v) is 11.2. The Morgan fingerprint density at radius 2 is 1.58 bits per heavy atom. The van der Waals surface area contributed by atoms with E-state index in [0.717, 1.165) is 72.3 Å². The van der Waals surface area contributed by atoms with E-state index in [4.69, 9.17) is 11.6 Å². The molecule has 0 bridgehead atoms. The summed E-state index contributed by atoms with van der Waals surface area (Å²) in [6.07, 6.45) is -4.30. The number of benzene rings is 3. The first-order valence-electron chi connectivity index (χ1n) is 10.8. The van der Waals surface area contributed by atoms with Gasteiger partial charge in [0, 0.05) is 30.7 Å². The van der Waals surface area contributed by atoms with Gasteiger partial charge < -0.3 is 5.32 Å². The van der Waals surface area contributed by atoms with E-state index >= 15 is 0 Å². The van der Waals surface area contributed by atoms with Crippen LogP contribution in [0.2, 0.25) is 5.02 Å². The first kappa shape index (κ1) is 21.8. The maximum absolute atomic E-state index is 12.8. The first-order chi connectivity index (χ1) is 15.9. The summed E-state index contributed by atoms with van der Waals surface area (Å²) >= 11 is 6.25. The fraction of sp³-hybridized carbons (Fsp3) is 0.240. The lowest BCUT2D eigenvalue weighted by atomic mass is 10.1. The highest BCUT2D eigenvalue weighted by Crippen LogP contribution is 2.34. The van der Waals surface area contributed by atoms with Crippen LogP contribution < -0.4 is 10.6 Å². The number of amidine groups is 1. The minimum atomic E-state index is -4.30. The summed E-state index contributed by atoms with van der Waals surface area (Å²) in [6.45, 7) is 3.85. The van der Waals surface area contributed by atoms with Gasteiger partial charge in [-0.2, -0.15) is 13.2 Å². The molecule has 3 aromatic rings. The molecule has 0 atom stereocenters. The van der Waals surface area contributed by atoms with Crippen molar-refractivity contribution in [1.82, 2.24) is 4.90 Å². The van der Waals surface area contributed by atoms with Crippen LogP contribution in [0, 0.1) is 0 Å². The average molecular weight is 472 g/mol. The molecule has 8 heteroatoms. The van der Waals surface area contributed by atoms with Crippen LogP contribution in [-0.2, 0) is 12.7 Å². The molecule has 0 radical (unpaired) electrons. The van der Waals surface area contributed by atoms with Crippen molar-refractivity contribution in [2.75, 3.05) is 36.8 Å². The summed E-state index contributed by atoms with van der Waals surface area (Å²) < 4.78 is 40.8. The Bertz CT molecular complexity index is 1200. The van der Waals surface area contributed by atoms with E-state index in [0.29, 0.717) is 11.6 Å². The molecular weight excluding hydrogens is 449 g/mol. The minimum absolute atomic E-state index is 0.612. The van der Waals surface area contributed by atoms with Gasteiger partial charge in [0.05, 0.1) is 35.6 Å². The third-order valence-corrected chi connectivity index (χ3v) is 6.30. The van der Waals surface area contributed by atoms with E-state index in [1.807, 2.05) is 30.3 Å². The van der Waals surface area contributed by atoms with E-state index in [2.05, 4.69) is 32.2 Å². The number of halogens is 4. The van der Waals surface area contributed by atoms with Crippen LogP contribution in [0.5, 0.6) is 0 Å². The molecule has 0 amide bonds. The standard InChI is InChI=1S/C25H22ClF3N4/c26-19-9-10-22-23(15-19)31-24(20-3-1-2-4-21(20)30-22)33-13-11-32(12-14-33)16-17-5-7-18(8-6-17)25(27,28)29/h1-10,15H,11-14,16H2,(H,30,31)/p+1. The highest BCUT2D eigenvalue weighted by Gasteiger charge is 2.30. The maximum Gasteiger partial charge on any atom is 0.416 e. The number of nitrogens with zero attached hydrogens (tertiary/aromatic N) is 2. The second kappa shape index (κ2) is 8.72. The third-order valence-electron chi connectivity index (χ3n) is 6.06. The van der Waals surface area contributed by atoms with Gasteiger partial charge in [0.15, 0.2) is 0 Å². The number of fused-ring (bicyclic) bond motifs is 2. The van der Waals surface area contributed by atoms with Gasteiger partial charge in [-0.3, -0.25) is 9.48 Å². The summed E-state index contributed by atoms with van der Waals surface area (Å²) in [6, 6.07) is 19.4. The molecule has 2 N–H and O–H groups in total. The smallest absolute Gasteiger partial charge is 0.351 e. The molecular formula is C25H23ClF3N4+. The lowest BCUT2D eigenvalue weighted by molar-refractivity contribution is -0.539. The molecule has 1 fully saturated rings. The lowest BCUT2D eigenvalue weighted by Gasteiger charge is -2.28. The number of alkyl halides is 3. The van der Waals surface area contributed by atoms with E-state index in [1.54, 1.807) is 12.1 Å². The van der Waals surface area contributed by atoms with Crippen molar-refractivity contribution >= 4 is 34.5 Å². The van der Waals surface area contributed by atoms with Gasteiger partial charge in [-0.05, 0) is 42.0 Å². The number of piperazine rings is 1. The van der Waals surface area contributed by atoms with E-state index in [9.17, 15) is 13.2 Å². The molecule has 2 heterocycles. The fourth-order valence-corrected chi connectivity index (χ4v) is 4.48. The van der Waals surface area contributed by atoms with Crippen LogP contribution in [0.25, 0.3) is 0 Å². The number of para-hydroxylation sites is 1. The zero-order valence-corrected chi connectivity index (χ0v) is 18.5. The summed E-state index contributed by atoms with van der Waals surface area (Å²) in [5.74, 6) is 1.02. The predicted octanol–water partition coefficient (Wildman–Crippen LogP) is 5.80. The van der Waals surface area contributed by atoms with Gasteiger partial charge >= 0.3 is 6.18 Å². The van der Waals surface area contributed by atoms with Gasteiger partial charge in [-0.25, -0.2) is 5.32 Å². The number of rotatable bonds is 2. The largest absolute Gasteiger partial charge is 0.416 e. The maximum atomic E-state index is 12.8. The number of anilines is 3. The number of hydrogen-bond acceptors (Lipinski definition) is 2. The molecule has 2 aliphatic rings. The third kappa shape index (κ3) is 4.70. The molecule has 3 aromatic carbocycles. The Labute approximate surface area is 195 Å². The lowest BCUT2D eigenvalue weighted by Crippen LogP contribution is -2.45. The summed E-state index contributed by atoms with van der Waals surface area (Å²) in [7, 11) is 0. The molecule has 2 aliphatic heterocycles. The van der Waals surface area contributed by atoms with Crippen LogP contribution in [0.3, 0.4) is 0 Å². The highest BCUT2D eigenvalue weighted by atomic mass is 35.5. The summed E-state index contributed by atoms with van der Waals surface area (Å²) in [5, 5.41) is 7.74. The zero-order valence-electron chi connectivity index (χ0n) is 17.8. The molecule has 5 rings (SSSR count). The van der Waals surface area contributed by atoms with Gasteiger partial charge in [-0.15, -0.1) is 0 Å². The Morgan fingerprint density at radius 3 is 2.30 bits per heavy atom. The fourth-order valence-electron chi connectivity index (χ4n) is 4.30. The normalized spacial score (nSPS) is 16.4. The summed E-state index contributed by atoms with van der Waals surface area (Å²) in [5.41, 5.74) is 4.26. The van der Waals surface area contributed by atoms with Crippen molar-refractivity contribution < 1.29 is 17.7 Å². The molecule has 0 spiro atoms. The Kier molecular flexibility index (Phi) is 5.76. The Hall–Kier alpha value is -3.03. The van der Waals surface area contributed by atoms with Crippen LogP contribution in [0.1, 0.15) is 16.7 Å². The van der Waals surface area contributed by atoms with Gasteiger partial charge in [-0.1, -0.05) is 35.9 Å². The predicted molar refractivity (Wildman–Crippen MR) is 126 cm³/mol. The second-order valence-electron chi connectivity index (χ2n) is 8.29. The van der Waals surface area contributed by atoms with E-state index < -0.39 is 11.7 Å². The molecule has 33 heavy (non-hydrogen) atoms. The Morgan fingerprint density at radius 1 is 0.848 bits per heavy atom. The molecule has 0 aromatic heterocycles. The van der Waals surface area contributed by atoms with Crippen molar-refractivity contribution in [3.05, 3.63) is 88.4 Å². The Balaban J connectivity index is 1.35. The quantitative estimate of drug-likeness (QED) is 0.463. The second-order valence-corrected chi connectivity index (χ2v) is 8.73. The van der Waals surface area contributed by atoms with Crippen molar-refractivity contribution in [1.29, 1.82) is 0 Å². The van der Waals surface area contributed by atoms with Gasteiger partial charge in [0.1, 0.15) is 5.69 Å². The van der Waals surface area contributed by atoms with Crippen molar-refractivity contribution in [3.63, 3.8) is 0 Å². The van der Waals surface area contributed by atoms with Crippen molar-refractivity contribution in [2.45, 2.75) is 12.7 Å². The molecule has 0 unspecified atom stereocenters. The van der Waals surface area contributed by atoms with Crippen LogP contribution in [-0.4, -0.2) is 41.5 Å².